The highest BCUT2D eigenvalue weighted by atomic mass is 16.4. The van der Waals surface area contributed by atoms with Crippen LogP contribution in [0.4, 0.5) is 5.69 Å². The standard InChI is InChI=1S/C11H14N2O3/c1-8(12)11(16)13(7-10(14)15)9-5-3-2-4-6-9/h2-6,8H,7,12H2,1H3,(H,14,15)/t8-/m1/s1. The fourth-order valence-corrected chi connectivity index (χ4v) is 1.29. The van der Waals surface area contributed by atoms with Crippen LogP contribution in [0.2, 0.25) is 0 Å². The van der Waals surface area contributed by atoms with Gasteiger partial charge in [-0.25, -0.2) is 0 Å². The van der Waals surface area contributed by atoms with E-state index in [0.717, 1.165) is 4.90 Å². The van der Waals surface area contributed by atoms with Crippen LogP contribution in [-0.2, 0) is 9.59 Å². The zero-order valence-corrected chi connectivity index (χ0v) is 8.96. The molecule has 0 aliphatic rings. The van der Waals surface area contributed by atoms with Crippen molar-refractivity contribution in [2.45, 2.75) is 13.0 Å². The molecule has 3 N–H and O–H groups in total. The predicted octanol–water partition coefficient (Wildman–Crippen LogP) is 0.451. The molecule has 5 heteroatoms. The second-order valence-corrected chi connectivity index (χ2v) is 3.44. The molecule has 0 saturated carbocycles. The first-order valence-corrected chi connectivity index (χ1v) is 4.86. The van der Waals surface area contributed by atoms with Gasteiger partial charge < -0.3 is 10.8 Å². The lowest BCUT2D eigenvalue weighted by molar-refractivity contribution is -0.136. The van der Waals surface area contributed by atoms with Gasteiger partial charge in [-0.15, -0.1) is 0 Å². The van der Waals surface area contributed by atoms with Crippen LogP contribution in [0, 0.1) is 0 Å². The molecule has 0 heterocycles. The van der Waals surface area contributed by atoms with Gasteiger partial charge in [0.25, 0.3) is 0 Å². The minimum absolute atomic E-state index is 0.385. The van der Waals surface area contributed by atoms with E-state index in [9.17, 15) is 9.59 Å². The number of carbonyl (C=O) groups excluding carboxylic acids is 1. The lowest BCUT2D eigenvalue weighted by Crippen LogP contribution is -2.44. The second-order valence-electron chi connectivity index (χ2n) is 3.44. The normalized spacial score (nSPS) is 11.9. The number of carboxylic acids is 1. The highest BCUT2D eigenvalue weighted by molar-refractivity contribution is 6.00. The van der Waals surface area contributed by atoms with Crippen molar-refractivity contribution in [2.75, 3.05) is 11.4 Å². The van der Waals surface area contributed by atoms with Gasteiger partial charge in [-0.1, -0.05) is 18.2 Å². The SMILES string of the molecule is C[C@@H](N)C(=O)N(CC(=O)O)c1ccccc1. The average molecular weight is 222 g/mol. The van der Waals surface area contributed by atoms with Gasteiger partial charge >= 0.3 is 5.97 Å². The molecule has 0 unspecified atom stereocenters. The molecule has 0 aliphatic heterocycles. The Hall–Kier alpha value is -1.88. The van der Waals surface area contributed by atoms with Gasteiger partial charge in [0.2, 0.25) is 5.91 Å². The van der Waals surface area contributed by atoms with Crippen LogP contribution in [-0.4, -0.2) is 29.6 Å². The van der Waals surface area contributed by atoms with Crippen molar-refractivity contribution in [2.24, 2.45) is 5.73 Å². The molecule has 1 rings (SSSR count). The number of hydrogen-bond donors (Lipinski definition) is 2. The summed E-state index contributed by atoms with van der Waals surface area (Å²) < 4.78 is 0. The van der Waals surface area contributed by atoms with Crippen LogP contribution in [0.25, 0.3) is 0 Å². The third-order valence-corrected chi connectivity index (χ3v) is 2.02. The van der Waals surface area contributed by atoms with E-state index >= 15 is 0 Å². The molecule has 0 radical (unpaired) electrons. The highest BCUT2D eigenvalue weighted by Gasteiger charge is 2.21. The Kier molecular flexibility index (Phi) is 4.02. The largest absolute Gasteiger partial charge is 0.480 e. The molecule has 1 aromatic rings. The molecular formula is C11H14N2O3. The Bertz CT molecular complexity index is 376. The maximum Gasteiger partial charge on any atom is 0.323 e. The summed E-state index contributed by atoms with van der Waals surface area (Å²) in [5.41, 5.74) is 6.00. The summed E-state index contributed by atoms with van der Waals surface area (Å²) >= 11 is 0. The number of nitrogens with two attached hydrogens (primary N) is 1. The first kappa shape index (κ1) is 12.2. The number of para-hydroxylation sites is 1. The minimum Gasteiger partial charge on any atom is -0.480 e. The fraction of sp³-hybridized carbons (Fsp3) is 0.273. The first-order chi connectivity index (χ1) is 7.52. The lowest BCUT2D eigenvalue weighted by atomic mass is 10.2. The molecular weight excluding hydrogens is 208 g/mol. The van der Waals surface area contributed by atoms with Crippen molar-refractivity contribution in [1.29, 1.82) is 0 Å². The maximum atomic E-state index is 11.7. The topological polar surface area (TPSA) is 83.6 Å². The molecule has 0 bridgehead atoms. The van der Waals surface area contributed by atoms with E-state index in [4.69, 9.17) is 10.8 Å². The van der Waals surface area contributed by atoms with Crippen LogP contribution in [0.5, 0.6) is 0 Å². The Morgan fingerprint density at radius 3 is 2.38 bits per heavy atom. The quantitative estimate of drug-likeness (QED) is 0.774. The van der Waals surface area contributed by atoms with E-state index in [1.807, 2.05) is 0 Å². The molecule has 0 aliphatic carbocycles. The Labute approximate surface area is 93.5 Å². The maximum absolute atomic E-state index is 11.7. The minimum atomic E-state index is -1.07. The van der Waals surface area contributed by atoms with Gasteiger partial charge in [0.05, 0.1) is 6.04 Å². The number of nitrogens with zero attached hydrogens (tertiary/aromatic N) is 1. The van der Waals surface area contributed by atoms with Crippen LogP contribution in [0.1, 0.15) is 6.92 Å². The summed E-state index contributed by atoms with van der Waals surface area (Å²) in [5.74, 6) is -1.48. The van der Waals surface area contributed by atoms with Crippen molar-refractivity contribution < 1.29 is 14.7 Å². The van der Waals surface area contributed by atoms with Crippen LogP contribution in [0.3, 0.4) is 0 Å². The molecule has 5 nitrogen and oxygen atoms in total. The smallest absolute Gasteiger partial charge is 0.323 e. The Balaban J connectivity index is 2.96. The molecule has 1 aromatic carbocycles. The summed E-state index contributed by atoms with van der Waals surface area (Å²) in [6.45, 7) is 1.14. The molecule has 86 valence electrons. The van der Waals surface area contributed by atoms with E-state index in [0.29, 0.717) is 5.69 Å². The molecule has 0 spiro atoms. The van der Waals surface area contributed by atoms with E-state index in [2.05, 4.69) is 0 Å². The molecule has 1 atom stereocenters. The van der Waals surface area contributed by atoms with Gasteiger partial charge in [0.15, 0.2) is 0 Å². The molecule has 0 saturated heterocycles. The van der Waals surface area contributed by atoms with Crippen molar-refractivity contribution in [3.8, 4) is 0 Å². The summed E-state index contributed by atoms with van der Waals surface area (Å²) in [4.78, 5) is 23.6. The highest BCUT2D eigenvalue weighted by Crippen LogP contribution is 2.13. The Morgan fingerprint density at radius 1 is 1.38 bits per heavy atom. The number of carboxylic acid groups (broad SMARTS) is 1. The van der Waals surface area contributed by atoms with Gasteiger partial charge in [0, 0.05) is 5.69 Å². The summed E-state index contributed by atoms with van der Waals surface area (Å²) in [6.07, 6.45) is 0. The van der Waals surface area contributed by atoms with E-state index < -0.39 is 17.9 Å². The van der Waals surface area contributed by atoms with Crippen LogP contribution < -0.4 is 10.6 Å². The summed E-state index contributed by atoms with van der Waals surface area (Å²) in [5, 5.41) is 8.74. The van der Waals surface area contributed by atoms with E-state index in [-0.39, 0.29) is 6.54 Å². The average Bonchev–Trinajstić information content (AvgIpc) is 2.26. The molecule has 0 aromatic heterocycles. The van der Waals surface area contributed by atoms with Crippen LogP contribution >= 0.6 is 0 Å². The number of hydrogen-bond acceptors (Lipinski definition) is 3. The number of anilines is 1. The van der Waals surface area contributed by atoms with E-state index in [1.54, 1.807) is 30.3 Å². The van der Waals surface area contributed by atoms with Crippen molar-refractivity contribution >= 4 is 17.6 Å². The number of amides is 1. The summed E-state index contributed by atoms with van der Waals surface area (Å²) in [7, 11) is 0. The van der Waals surface area contributed by atoms with E-state index in [1.165, 1.54) is 6.92 Å². The number of rotatable bonds is 4. The van der Waals surface area contributed by atoms with Gasteiger partial charge in [0.1, 0.15) is 6.54 Å². The third kappa shape index (κ3) is 3.06. The molecule has 1 amide bonds. The van der Waals surface area contributed by atoms with Crippen molar-refractivity contribution in [3.63, 3.8) is 0 Å². The van der Waals surface area contributed by atoms with Gasteiger partial charge in [-0.05, 0) is 19.1 Å². The second kappa shape index (κ2) is 5.27. The number of benzene rings is 1. The van der Waals surface area contributed by atoms with Gasteiger partial charge in [-0.2, -0.15) is 0 Å². The third-order valence-electron chi connectivity index (χ3n) is 2.02. The zero-order valence-electron chi connectivity index (χ0n) is 8.96. The monoisotopic (exact) mass is 222 g/mol. The van der Waals surface area contributed by atoms with Crippen molar-refractivity contribution in [3.05, 3.63) is 30.3 Å². The zero-order chi connectivity index (χ0) is 12.1. The summed E-state index contributed by atoms with van der Waals surface area (Å²) in [6, 6.07) is 7.88. The Morgan fingerprint density at radius 2 is 1.94 bits per heavy atom. The molecule has 0 fully saturated rings. The van der Waals surface area contributed by atoms with Crippen LogP contribution in [0.15, 0.2) is 30.3 Å². The fourth-order valence-electron chi connectivity index (χ4n) is 1.29. The predicted molar refractivity (Wildman–Crippen MR) is 60.1 cm³/mol. The number of carbonyl (C=O) groups is 2. The van der Waals surface area contributed by atoms with Crippen molar-refractivity contribution in [1.82, 2.24) is 0 Å². The lowest BCUT2D eigenvalue weighted by Gasteiger charge is -2.22. The number of aliphatic carboxylic acids is 1. The molecule has 16 heavy (non-hydrogen) atoms. The van der Waals surface area contributed by atoms with Gasteiger partial charge in [-0.3, -0.25) is 14.5 Å². The first-order valence-electron chi connectivity index (χ1n) is 4.86.